The Morgan fingerprint density at radius 1 is 1.07 bits per heavy atom. The van der Waals surface area contributed by atoms with E-state index in [1.54, 1.807) is 6.07 Å². The average molecular weight is 183 g/mol. The molecule has 2 aromatic carbocycles. The molecular formula is C13H11O. The van der Waals surface area contributed by atoms with Crippen molar-refractivity contribution in [3.63, 3.8) is 0 Å². The monoisotopic (exact) mass is 183 g/mol. The number of phenolic OH excluding ortho intramolecular Hbond substituents is 1. The highest BCUT2D eigenvalue weighted by molar-refractivity contribution is 5.35. The third-order valence-electron chi connectivity index (χ3n) is 2.17. The molecule has 2 rings (SSSR count). The van der Waals surface area contributed by atoms with Crippen molar-refractivity contribution in [1.29, 1.82) is 0 Å². The summed E-state index contributed by atoms with van der Waals surface area (Å²) in [4.78, 5) is 0. The maximum absolute atomic E-state index is 9.54. The van der Waals surface area contributed by atoms with E-state index in [1.165, 1.54) is 5.56 Å². The third kappa shape index (κ3) is 1.94. The van der Waals surface area contributed by atoms with Gasteiger partial charge in [0.1, 0.15) is 5.75 Å². The van der Waals surface area contributed by atoms with Crippen molar-refractivity contribution in [1.82, 2.24) is 0 Å². The van der Waals surface area contributed by atoms with E-state index in [2.05, 4.69) is 18.2 Å². The summed E-state index contributed by atoms with van der Waals surface area (Å²) in [5.41, 5.74) is 2.14. The molecule has 0 heterocycles. The van der Waals surface area contributed by atoms with Crippen LogP contribution in [0.3, 0.4) is 0 Å². The largest absolute Gasteiger partial charge is 0.508 e. The number of phenols is 1. The van der Waals surface area contributed by atoms with E-state index in [9.17, 15) is 5.11 Å². The third-order valence-corrected chi connectivity index (χ3v) is 2.17. The van der Waals surface area contributed by atoms with Gasteiger partial charge in [-0.25, -0.2) is 0 Å². The molecule has 0 spiro atoms. The van der Waals surface area contributed by atoms with Gasteiger partial charge >= 0.3 is 0 Å². The Morgan fingerprint density at radius 2 is 1.86 bits per heavy atom. The molecule has 1 nitrogen and oxygen atoms in total. The zero-order chi connectivity index (χ0) is 9.80. The van der Waals surface area contributed by atoms with Gasteiger partial charge in [-0.05, 0) is 23.3 Å². The first-order valence-corrected chi connectivity index (χ1v) is 4.58. The number of hydrogen-bond donors (Lipinski definition) is 1. The molecule has 0 atom stereocenters. The summed E-state index contributed by atoms with van der Waals surface area (Å²) in [6.45, 7) is 0. The van der Waals surface area contributed by atoms with E-state index in [0.717, 1.165) is 12.0 Å². The minimum atomic E-state index is 0.316. The number of aromatic hydroxyl groups is 1. The van der Waals surface area contributed by atoms with Gasteiger partial charge in [-0.1, -0.05) is 42.5 Å². The molecule has 0 aliphatic carbocycles. The molecule has 0 aliphatic rings. The summed E-state index contributed by atoms with van der Waals surface area (Å²) >= 11 is 0. The smallest absolute Gasteiger partial charge is 0.119 e. The van der Waals surface area contributed by atoms with Gasteiger partial charge in [-0.2, -0.15) is 0 Å². The normalized spacial score (nSPS) is 10.0. The Labute approximate surface area is 83.6 Å². The molecule has 14 heavy (non-hydrogen) atoms. The molecule has 0 saturated carbocycles. The Bertz CT molecular complexity index is 407. The molecule has 2 aromatic rings. The fourth-order valence-corrected chi connectivity index (χ4v) is 1.42. The maximum Gasteiger partial charge on any atom is 0.119 e. The van der Waals surface area contributed by atoms with Crippen molar-refractivity contribution in [2.24, 2.45) is 0 Å². The van der Waals surface area contributed by atoms with Gasteiger partial charge in [0.05, 0.1) is 0 Å². The minimum absolute atomic E-state index is 0.316. The lowest BCUT2D eigenvalue weighted by atomic mass is 10.0. The van der Waals surface area contributed by atoms with E-state index < -0.39 is 0 Å². The van der Waals surface area contributed by atoms with E-state index >= 15 is 0 Å². The molecule has 0 bridgehead atoms. The van der Waals surface area contributed by atoms with Crippen LogP contribution in [0.15, 0.2) is 48.5 Å². The number of rotatable bonds is 2. The van der Waals surface area contributed by atoms with Gasteiger partial charge < -0.3 is 5.11 Å². The molecule has 1 heteroatoms. The first-order chi connectivity index (χ1) is 6.86. The fraction of sp³-hybridized carbons (Fsp3) is 0.0769. The van der Waals surface area contributed by atoms with E-state index in [1.807, 2.05) is 30.3 Å². The molecule has 0 saturated heterocycles. The minimum Gasteiger partial charge on any atom is -0.508 e. The Hall–Kier alpha value is -1.76. The zero-order valence-corrected chi connectivity index (χ0v) is 7.77. The van der Waals surface area contributed by atoms with Crippen molar-refractivity contribution in [2.75, 3.05) is 0 Å². The van der Waals surface area contributed by atoms with Crippen molar-refractivity contribution < 1.29 is 5.11 Å². The van der Waals surface area contributed by atoms with Crippen LogP contribution in [0.4, 0.5) is 0 Å². The van der Waals surface area contributed by atoms with Gasteiger partial charge in [0.25, 0.3) is 0 Å². The topological polar surface area (TPSA) is 20.2 Å². The summed E-state index contributed by atoms with van der Waals surface area (Å²) in [5, 5.41) is 9.54. The van der Waals surface area contributed by atoms with Crippen molar-refractivity contribution >= 4 is 0 Å². The molecule has 0 aromatic heterocycles. The van der Waals surface area contributed by atoms with Gasteiger partial charge in [0, 0.05) is 6.42 Å². The van der Waals surface area contributed by atoms with Crippen LogP contribution in [0.2, 0.25) is 0 Å². The molecule has 0 fully saturated rings. The van der Waals surface area contributed by atoms with E-state index in [0.29, 0.717) is 5.75 Å². The lowest BCUT2D eigenvalue weighted by Crippen LogP contribution is -1.87. The van der Waals surface area contributed by atoms with Gasteiger partial charge in [0.15, 0.2) is 0 Å². The summed E-state index contributed by atoms with van der Waals surface area (Å²) in [6.07, 6.45) is 0.765. The highest BCUT2D eigenvalue weighted by Crippen LogP contribution is 2.18. The molecular weight excluding hydrogens is 172 g/mol. The first-order valence-electron chi connectivity index (χ1n) is 4.58. The van der Waals surface area contributed by atoms with E-state index in [4.69, 9.17) is 0 Å². The molecule has 0 amide bonds. The standard InChI is InChI=1S/C13H11O/c14-13-9-5-4-8-12(13)10-11-6-2-1-3-7-11/h1-4,6-9,14H,10H2. The Balaban J connectivity index is 2.24. The van der Waals surface area contributed by atoms with Crippen molar-refractivity contribution in [2.45, 2.75) is 6.42 Å². The zero-order valence-electron chi connectivity index (χ0n) is 7.77. The van der Waals surface area contributed by atoms with Crippen LogP contribution in [0.5, 0.6) is 5.75 Å². The molecule has 0 unspecified atom stereocenters. The molecule has 1 N–H and O–H groups in total. The Kier molecular flexibility index (Phi) is 2.50. The lowest BCUT2D eigenvalue weighted by molar-refractivity contribution is 0.469. The highest BCUT2D eigenvalue weighted by atomic mass is 16.3. The predicted molar refractivity (Wildman–Crippen MR) is 56.2 cm³/mol. The second-order valence-electron chi connectivity index (χ2n) is 3.22. The Morgan fingerprint density at radius 3 is 2.57 bits per heavy atom. The predicted octanol–water partition coefficient (Wildman–Crippen LogP) is 2.78. The second kappa shape index (κ2) is 3.97. The summed E-state index contributed by atoms with van der Waals surface area (Å²) in [5.74, 6) is 0.316. The first kappa shape index (κ1) is 8.82. The summed E-state index contributed by atoms with van der Waals surface area (Å²) < 4.78 is 0. The van der Waals surface area contributed by atoms with Crippen LogP contribution in [-0.2, 0) is 6.42 Å². The van der Waals surface area contributed by atoms with Gasteiger partial charge in [-0.3, -0.25) is 0 Å². The number of hydrogen-bond acceptors (Lipinski definition) is 1. The van der Waals surface area contributed by atoms with Crippen LogP contribution >= 0.6 is 0 Å². The SMILES string of the molecule is Oc1c[c]ccc1Cc1ccccc1. The van der Waals surface area contributed by atoms with Crippen molar-refractivity contribution in [3.05, 3.63) is 65.7 Å². The fourth-order valence-electron chi connectivity index (χ4n) is 1.42. The molecule has 1 radical (unpaired) electrons. The van der Waals surface area contributed by atoms with Crippen molar-refractivity contribution in [3.8, 4) is 5.75 Å². The van der Waals surface area contributed by atoms with Crippen LogP contribution in [0.25, 0.3) is 0 Å². The number of benzene rings is 2. The molecule has 69 valence electrons. The second-order valence-corrected chi connectivity index (χ2v) is 3.22. The lowest BCUT2D eigenvalue weighted by Gasteiger charge is -2.03. The van der Waals surface area contributed by atoms with Crippen LogP contribution in [0, 0.1) is 6.07 Å². The van der Waals surface area contributed by atoms with Crippen LogP contribution < -0.4 is 0 Å². The summed E-state index contributed by atoms with van der Waals surface area (Å²) in [7, 11) is 0. The maximum atomic E-state index is 9.54. The molecule has 0 aliphatic heterocycles. The van der Waals surface area contributed by atoms with Gasteiger partial charge in [0.2, 0.25) is 0 Å². The van der Waals surface area contributed by atoms with Crippen LogP contribution in [-0.4, -0.2) is 5.11 Å². The highest BCUT2D eigenvalue weighted by Gasteiger charge is 1.99. The average Bonchev–Trinajstić information content (AvgIpc) is 2.23. The quantitative estimate of drug-likeness (QED) is 0.759. The van der Waals surface area contributed by atoms with Crippen LogP contribution in [0.1, 0.15) is 11.1 Å². The van der Waals surface area contributed by atoms with E-state index in [-0.39, 0.29) is 0 Å². The summed E-state index contributed by atoms with van der Waals surface area (Å²) in [6, 6.07) is 18.2. The van der Waals surface area contributed by atoms with Gasteiger partial charge in [-0.15, -0.1) is 0 Å².